The Morgan fingerprint density at radius 1 is 0.940 bits per heavy atom. The SMILES string of the molecule is Cc1ncsc1-c1ccc(CNC(=O)[C@@H]2C[C@@H](O)CN2C(=O)[C@@H](NC(=O)CCOCCOCCNC(=O)Cc2ccccc2)C(C)(C)C)cc1. The Balaban J connectivity index is 1.17. The third-order valence-corrected chi connectivity index (χ3v) is 9.31. The summed E-state index contributed by atoms with van der Waals surface area (Å²) in [4.78, 5) is 58.8. The molecule has 2 aromatic carbocycles. The van der Waals surface area contributed by atoms with E-state index < -0.39 is 29.5 Å². The highest BCUT2D eigenvalue weighted by molar-refractivity contribution is 7.13. The molecular weight excluding hydrogens is 659 g/mol. The molecule has 270 valence electrons. The van der Waals surface area contributed by atoms with Crippen LogP contribution in [0.2, 0.25) is 0 Å². The van der Waals surface area contributed by atoms with Crippen LogP contribution in [0.1, 0.15) is 50.4 Å². The Morgan fingerprint density at radius 3 is 2.30 bits per heavy atom. The summed E-state index contributed by atoms with van der Waals surface area (Å²) in [6.45, 7) is 9.18. The van der Waals surface area contributed by atoms with Crippen molar-refractivity contribution in [2.24, 2.45) is 5.41 Å². The lowest BCUT2D eigenvalue weighted by Crippen LogP contribution is -2.57. The van der Waals surface area contributed by atoms with E-state index in [1.165, 1.54) is 4.90 Å². The molecule has 1 aromatic heterocycles. The zero-order valence-corrected chi connectivity index (χ0v) is 30.1. The van der Waals surface area contributed by atoms with Crippen LogP contribution in [0.4, 0.5) is 0 Å². The highest BCUT2D eigenvalue weighted by Crippen LogP contribution is 2.28. The standard InChI is InChI=1S/C37H49N5O7S/c1-25-33(50-24-40-25)28-12-10-27(11-13-28)22-39-35(46)30-21-29(43)23-42(30)36(47)34(37(2,3)4)41-31(44)14-16-48-18-19-49-17-15-38-32(45)20-26-8-6-5-7-9-26/h5-13,24,29-30,34,43H,14-23H2,1-4H3,(H,38,45)(H,39,46)(H,41,44)/t29-,30+,34-/m1/s1. The van der Waals surface area contributed by atoms with Gasteiger partial charge in [-0.05, 0) is 29.0 Å². The lowest BCUT2D eigenvalue weighted by molar-refractivity contribution is -0.144. The minimum atomic E-state index is -0.918. The van der Waals surface area contributed by atoms with E-state index in [9.17, 15) is 24.3 Å². The smallest absolute Gasteiger partial charge is 0.246 e. The Labute approximate surface area is 298 Å². The molecule has 13 heteroatoms. The van der Waals surface area contributed by atoms with Crippen LogP contribution in [0.15, 0.2) is 60.1 Å². The summed E-state index contributed by atoms with van der Waals surface area (Å²) in [5, 5.41) is 19.0. The molecule has 4 N–H and O–H groups in total. The van der Waals surface area contributed by atoms with Crippen molar-refractivity contribution in [3.8, 4) is 10.4 Å². The number of hydrogen-bond acceptors (Lipinski definition) is 9. The van der Waals surface area contributed by atoms with Crippen molar-refractivity contribution < 1.29 is 33.8 Å². The summed E-state index contributed by atoms with van der Waals surface area (Å²) < 4.78 is 11.0. The van der Waals surface area contributed by atoms with Crippen molar-refractivity contribution in [2.45, 2.75) is 71.7 Å². The summed E-state index contributed by atoms with van der Waals surface area (Å²) in [5.41, 5.74) is 5.02. The molecule has 0 radical (unpaired) electrons. The van der Waals surface area contributed by atoms with Crippen LogP contribution in [0.5, 0.6) is 0 Å². The van der Waals surface area contributed by atoms with E-state index in [-0.39, 0.29) is 56.9 Å². The molecule has 2 heterocycles. The number of amides is 4. The molecule has 4 rings (SSSR count). The van der Waals surface area contributed by atoms with E-state index in [1.54, 1.807) is 11.3 Å². The zero-order chi connectivity index (χ0) is 36.1. The quantitative estimate of drug-likeness (QED) is 0.156. The molecule has 0 spiro atoms. The van der Waals surface area contributed by atoms with Crippen molar-refractivity contribution >= 4 is 35.0 Å². The molecule has 0 saturated carbocycles. The highest BCUT2D eigenvalue weighted by Gasteiger charge is 2.44. The number of aryl methyl sites for hydroxylation is 1. The van der Waals surface area contributed by atoms with Crippen LogP contribution >= 0.6 is 11.3 Å². The molecule has 3 atom stereocenters. The summed E-state index contributed by atoms with van der Waals surface area (Å²) >= 11 is 1.57. The number of aromatic nitrogens is 1. The second-order valence-corrected chi connectivity index (χ2v) is 14.3. The van der Waals surface area contributed by atoms with Crippen LogP contribution in [-0.2, 0) is 41.6 Å². The molecule has 4 amide bonds. The monoisotopic (exact) mass is 707 g/mol. The van der Waals surface area contributed by atoms with Gasteiger partial charge in [0.25, 0.3) is 0 Å². The minimum absolute atomic E-state index is 0.00207. The number of aliphatic hydroxyl groups excluding tert-OH is 1. The van der Waals surface area contributed by atoms with Gasteiger partial charge in [0.2, 0.25) is 23.6 Å². The Bertz CT molecular complexity index is 1560. The van der Waals surface area contributed by atoms with Gasteiger partial charge in [0.15, 0.2) is 0 Å². The molecule has 3 aromatic rings. The molecular formula is C37H49N5O7S. The number of likely N-dealkylation sites (tertiary alicyclic amines) is 1. The van der Waals surface area contributed by atoms with Crippen LogP contribution < -0.4 is 16.0 Å². The lowest BCUT2D eigenvalue weighted by Gasteiger charge is -2.35. The van der Waals surface area contributed by atoms with Crippen molar-refractivity contribution in [1.82, 2.24) is 25.8 Å². The average Bonchev–Trinajstić information content (AvgIpc) is 3.70. The second kappa shape index (κ2) is 18.7. The normalized spacial score (nSPS) is 16.5. The van der Waals surface area contributed by atoms with Crippen LogP contribution in [0, 0.1) is 12.3 Å². The van der Waals surface area contributed by atoms with Crippen LogP contribution in [-0.4, -0.2) is 96.3 Å². The van der Waals surface area contributed by atoms with E-state index in [1.807, 2.05) is 87.8 Å². The molecule has 1 aliphatic heterocycles. The fourth-order valence-corrected chi connectivity index (χ4v) is 6.42. The Hall–Kier alpha value is -4.17. The fraction of sp³-hybridized carbons (Fsp3) is 0.486. The summed E-state index contributed by atoms with van der Waals surface area (Å²) in [5.74, 6) is -1.22. The first-order chi connectivity index (χ1) is 23.9. The molecule has 50 heavy (non-hydrogen) atoms. The lowest BCUT2D eigenvalue weighted by atomic mass is 9.85. The predicted molar refractivity (Wildman–Crippen MR) is 191 cm³/mol. The van der Waals surface area contributed by atoms with Crippen molar-refractivity contribution in [3.63, 3.8) is 0 Å². The van der Waals surface area contributed by atoms with Gasteiger partial charge < -0.3 is 35.4 Å². The van der Waals surface area contributed by atoms with Crippen LogP contribution in [0.25, 0.3) is 10.4 Å². The molecule has 12 nitrogen and oxygen atoms in total. The first-order valence-electron chi connectivity index (χ1n) is 16.9. The molecule has 1 saturated heterocycles. The number of hydrogen-bond donors (Lipinski definition) is 4. The molecule has 1 fully saturated rings. The zero-order valence-electron chi connectivity index (χ0n) is 29.3. The maximum Gasteiger partial charge on any atom is 0.246 e. The Morgan fingerprint density at radius 2 is 1.64 bits per heavy atom. The molecule has 0 unspecified atom stereocenters. The van der Waals surface area contributed by atoms with Gasteiger partial charge in [-0.3, -0.25) is 19.2 Å². The van der Waals surface area contributed by atoms with E-state index >= 15 is 0 Å². The summed E-state index contributed by atoms with van der Waals surface area (Å²) in [6.07, 6.45) is -0.395. The first-order valence-corrected chi connectivity index (χ1v) is 17.8. The number of nitrogens with one attached hydrogen (secondary N) is 3. The van der Waals surface area contributed by atoms with Gasteiger partial charge in [-0.25, -0.2) is 4.98 Å². The van der Waals surface area contributed by atoms with Gasteiger partial charge in [0.05, 0.1) is 55.0 Å². The van der Waals surface area contributed by atoms with Gasteiger partial charge in [-0.1, -0.05) is 75.4 Å². The maximum absolute atomic E-state index is 13.8. The largest absolute Gasteiger partial charge is 0.391 e. The van der Waals surface area contributed by atoms with E-state index in [0.717, 1.165) is 27.3 Å². The number of rotatable bonds is 17. The number of nitrogens with zero attached hydrogens (tertiary/aromatic N) is 2. The van der Waals surface area contributed by atoms with Gasteiger partial charge in [0, 0.05) is 32.5 Å². The topological polar surface area (TPSA) is 159 Å². The van der Waals surface area contributed by atoms with Crippen molar-refractivity contribution in [1.29, 1.82) is 0 Å². The molecule has 0 bridgehead atoms. The molecule has 0 aliphatic carbocycles. The first kappa shape index (κ1) is 38.6. The summed E-state index contributed by atoms with van der Waals surface area (Å²) in [6, 6.07) is 15.6. The maximum atomic E-state index is 13.8. The van der Waals surface area contributed by atoms with E-state index in [0.29, 0.717) is 26.2 Å². The van der Waals surface area contributed by atoms with Gasteiger partial charge in [-0.15, -0.1) is 11.3 Å². The number of β-amino-alcohol motifs (C(OH)–C–C–N with tert-alkyl or cyclic N) is 1. The predicted octanol–water partition coefficient (Wildman–Crippen LogP) is 3.01. The van der Waals surface area contributed by atoms with Crippen molar-refractivity contribution in [3.05, 3.63) is 76.9 Å². The molecule has 1 aliphatic rings. The highest BCUT2D eigenvalue weighted by atomic mass is 32.1. The van der Waals surface area contributed by atoms with E-state index in [2.05, 4.69) is 20.9 Å². The fourth-order valence-electron chi connectivity index (χ4n) is 5.61. The average molecular weight is 708 g/mol. The van der Waals surface area contributed by atoms with E-state index in [4.69, 9.17) is 9.47 Å². The number of thiazole rings is 1. The number of aliphatic hydroxyl groups is 1. The van der Waals surface area contributed by atoms with Crippen LogP contribution in [0.3, 0.4) is 0 Å². The van der Waals surface area contributed by atoms with Crippen molar-refractivity contribution in [2.75, 3.05) is 39.5 Å². The van der Waals surface area contributed by atoms with Gasteiger partial charge in [0.1, 0.15) is 12.1 Å². The summed E-state index contributed by atoms with van der Waals surface area (Å²) in [7, 11) is 0. The van der Waals surface area contributed by atoms with Gasteiger partial charge in [-0.2, -0.15) is 0 Å². The second-order valence-electron chi connectivity index (χ2n) is 13.4. The van der Waals surface area contributed by atoms with Gasteiger partial charge >= 0.3 is 0 Å². The third kappa shape index (κ3) is 11.7. The number of carbonyl (C=O) groups is 4. The number of ether oxygens (including phenoxy) is 2. The Kier molecular flexibility index (Phi) is 14.5. The number of benzene rings is 2. The number of carbonyl (C=O) groups excluding carboxylic acids is 4. The third-order valence-electron chi connectivity index (χ3n) is 8.33. The minimum Gasteiger partial charge on any atom is -0.391 e.